The lowest BCUT2D eigenvalue weighted by Gasteiger charge is -2.38. The molecule has 154 valence electrons. The summed E-state index contributed by atoms with van der Waals surface area (Å²) in [4.78, 5) is 12.1. The summed E-state index contributed by atoms with van der Waals surface area (Å²) in [7, 11) is -0.554. The average Bonchev–Trinajstić information content (AvgIpc) is 2.48. The molecule has 1 saturated carbocycles. The highest BCUT2D eigenvalue weighted by Gasteiger charge is 2.33. The molecule has 0 aromatic heterocycles. The topological polar surface area (TPSA) is 44.8 Å². The Kier molecular flexibility index (Phi) is 8.82. The highest BCUT2D eigenvalue weighted by molar-refractivity contribution is 6.32. The molecule has 1 fully saturated rings. The first kappa shape index (κ1) is 23.6. The van der Waals surface area contributed by atoms with Crippen LogP contribution in [0.4, 0.5) is 0 Å². The Morgan fingerprint density at radius 2 is 1.50 bits per heavy atom. The molecule has 0 radical (unpaired) electrons. The Morgan fingerprint density at radius 3 is 2.00 bits per heavy atom. The van der Waals surface area contributed by atoms with Crippen molar-refractivity contribution >= 4 is 15.7 Å². The largest absolute Gasteiger partial charge is 0.460 e. The molecular formula is C21H42O4Si. The predicted molar refractivity (Wildman–Crippen MR) is 110 cm³/mol. The van der Waals surface area contributed by atoms with Crippen molar-refractivity contribution in [3.05, 3.63) is 0 Å². The summed E-state index contributed by atoms with van der Waals surface area (Å²) in [5.74, 6) is -0.00110. The summed E-state index contributed by atoms with van der Waals surface area (Å²) < 4.78 is 17.5. The van der Waals surface area contributed by atoms with Gasteiger partial charge in [0.2, 0.25) is 0 Å². The van der Waals surface area contributed by atoms with E-state index in [2.05, 4.69) is 34.6 Å². The van der Waals surface area contributed by atoms with Crippen molar-refractivity contribution < 1.29 is 18.7 Å². The highest BCUT2D eigenvalue weighted by Crippen LogP contribution is 2.43. The highest BCUT2D eigenvalue weighted by atomic mass is 28.2. The van der Waals surface area contributed by atoms with Crippen molar-refractivity contribution in [2.24, 2.45) is 11.3 Å². The molecule has 26 heavy (non-hydrogen) atoms. The summed E-state index contributed by atoms with van der Waals surface area (Å²) >= 11 is 0. The molecule has 0 atom stereocenters. The minimum atomic E-state index is -0.554. The third-order valence-corrected chi connectivity index (χ3v) is 7.97. The third-order valence-electron chi connectivity index (χ3n) is 5.69. The molecule has 0 amide bonds. The molecule has 4 nitrogen and oxygen atoms in total. The van der Waals surface area contributed by atoms with E-state index in [-0.39, 0.29) is 18.0 Å². The van der Waals surface area contributed by atoms with E-state index in [1.165, 1.54) is 0 Å². The summed E-state index contributed by atoms with van der Waals surface area (Å²) in [6, 6.07) is 0. The van der Waals surface area contributed by atoms with Crippen LogP contribution in [0.25, 0.3) is 0 Å². The van der Waals surface area contributed by atoms with Gasteiger partial charge in [0.05, 0.1) is 12.0 Å². The van der Waals surface area contributed by atoms with Crippen LogP contribution in [0.1, 0.15) is 87.5 Å². The minimum Gasteiger partial charge on any atom is -0.460 e. The fraction of sp³-hybridized carbons (Fsp3) is 0.952. The van der Waals surface area contributed by atoms with Gasteiger partial charge < -0.3 is 13.9 Å². The van der Waals surface area contributed by atoms with Gasteiger partial charge in [-0.25, -0.2) is 0 Å². The van der Waals surface area contributed by atoms with Gasteiger partial charge in [0.25, 0.3) is 0 Å². The molecule has 0 aromatic carbocycles. The van der Waals surface area contributed by atoms with Crippen molar-refractivity contribution in [3.8, 4) is 0 Å². The first-order valence-corrected chi connectivity index (χ1v) is 11.5. The number of carbonyl (C=O) groups excluding carboxylic acids is 1. The first-order chi connectivity index (χ1) is 11.8. The lowest BCUT2D eigenvalue weighted by atomic mass is 9.82. The van der Waals surface area contributed by atoms with E-state index >= 15 is 0 Å². The Morgan fingerprint density at radius 1 is 0.923 bits per heavy atom. The van der Waals surface area contributed by atoms with Crippen molar-refractivity contribution in [2.75, 3.05) is 13.2 Å². The van der Waals surface area contributed by atoms with Gasteiger partial charge in [0.1, 0.15) is 5.60 Å². The van der Waals surface area contributed by atoms with Gasteiger partial charge in [-0.3, -0.25) is 4.79 Å². The molecule has 1 aliphatic carbocycles. The van der Waals surface area contributed by atoms with Crippen molar-refractivity contribution in [2.45, 2.75) is 104 Å². The number of carbonyl (C=O) groups is 1. The average molecular weight is 387 g/mol. The Bertz CT molecular complexity index is 426. The predicted octanol–water partition coefficient (Wildman–Crippen LogP) is 4.64. The molecule has 0 aliphatic heterocycles. The number of rotatable bonds is 8. The van der Waals surface area contributed by atoms with Gasteiger partial charge in [-0.2, -0.15) is 0 Å². The van der Waals surface area contributed by atoms with Crippen LogP contribution in [0.3, 0.4) is 0 Å². The van der Waals surface area contributed by atoms with Crippen molar-refractivity contribution in [3.63, 3.8) is 0 Å². The van der Waals surface area contributed by atoms with Gasteiger partial charge in [-0.15, -0.1) is 0 Å². The zero-order chi connectivity index (χ0) is 20.0. The second-order valence-corrected chi connectivity index (χ2v) is 12.9. The van der Waals surface area contributed by atoms with Gasteiger partial charge >= 0.3 is 5.97 Å². The molecule has 0 bridgehead atoms. The van der Waals surface area contributed by atoms with Gasteiger partial charge in [0, 0.05) is 13.2 Å². The van der Waals surface area contributed by atoms with Crippen LogP contribution in [0.15, 0.2) is 0 Å². The minimum absolute atomic E-state index is 0.0445. The molecule has 0 saturated heterocycles. The second kappa shape index (κ2) is 9.70. The van der Waals surface area contributed by atoms with Crippen LogP contribution in [-0.4, -0.2) is 40.7 Å². The number of esters is 1. The maximum Gasteiger partial charge on any atom is 0.309 e. The van der Waals surface area contributed by atoms with Gasteiger partial charge in [0.15, 0.2) is 9.76 Å². The molecule has 0 spiro atoms. The Hall–Kier alpha value is -0.393. The fourth-order valence-electron chi connectivity index (χ4n) is 2.81. The van der Waals surface area contributed by atoms with Gasteiger partial charge in [-0.05, 0) is 63.3 Å². The second-order valence-electron chi connectivity index (χ2n) is 10.4. The standard InChI is InChI=1S/C21H42O4Si/c1-19(2,3)21(7,8)26-24-15-9-14-23-17-12-10-16(11-13-17)18(22)25-20(4,5)6/h16-17H,9-15,26H2,1-8H3/t16-,17-. The van der Waals surface area contributed by atoms with Crippen LogP contribution in [0, 0.1) is 11.3 Å². The normalized spacial score (nSPS) is 22.8. The number of ether oxygens (including phenoxy) is 2. The zero-order valence-electron chi connectivity index (χ0n) is 18.4. The monoisotopic (exact) mass is 386 g/mol. The molecular weight excluding hydrogens is 344 g/mol. The van der Waals surface area contributed by atoms with E-state index in [0.29, 0.717) is 10.5 Å². The van der Waals surface area contributed by atoms with E-state index in [4.69, 9.17) is 13.9 Å². The van der Waals surface area contributed by atoms with E-state index in [9.17, 15) is 4.79 Å². The molecule has 0 aromatic rings. The Labute approximate surface area is 163 Å². The molecule has 0 unspecified atom stereocenters. The zero-order valence-corrected chi connectivity index (χ0v) is 19.9. The van der Waals surface area contributed by atoms with Crippen LogP contribution in [-0.2, 0) is 18.7 Å². The van der Waals surface area contributed by atoms with E-state index < -0.39 is 15.4 Å². The number of hydrogen-bond acceptors (Lipinski definition) is 4. The lowest BCUT2D eigenvalue weighted by Crippen LogP contribution is -2.32. The van der Waals surface area contributed by atoms with Crippen molar-refractivity contribution in [1.82, 2.24) is 0 Å². The molecule has 1 rings (SSSR count). The fourth-order valence-corrected chi connectivity index (χ4v) is 4.10. The quantitative estimate of drug-likeness (QED) is 0.346. The number of hydrogen-bond donors (Lipinski definition) is 0. The maximum atomic E-state index is 12.1. The maximum absolute atomic E-state index is 12.1. The molecule has 5 heteroatoms. The summed E-state index contributed by atoms with van der Waals surface area (Å²) in [6.45, 7) is 18.8. The molecule has 1 aliphatic rings. The smallest absolute Gasteiger partial charge is 0.309 e. The van der Waals surface area contributed by atoms with Crippen molar-refractivity contribution in [1.29, 1.82) is 0 Å². The lowest BCUT2D eigenvalue weighted by molar-refractivity contribution is -0.162. The summed E-state index contributed by atoms with van der Waals surface area (Å²) in [5.41, 5.74) is -0.0994. The SMILES string of the molecule is CC(C)(C)OC(=O)[C@H]1CC[C@H](OCCCO[SiH2]C(C)(C)C(C)(C)C)CC1. The summed E-state index contributed by atoms with van der Waals surface area (Å²) in [6.07, 6.45) is 4.91. The van der Waals surface area contributed by atoms with Crippen LogP contribution in [0.5, 0.6) is 0 Å². The van der Waals surface area contributed by atoms with E-state index in [1.807, 2.05) is 20.8 Å². The van der Waals surface area contributed by atoms with E-state index in [1.54, 1.807) is 0 Å². The first-order valence-electron chi connectivity index (χ1n) is 10.2. The summed E-state index contributed by atoms with van der Waals surface area (Å²) in [5, 5.41) is 0.300. The van der Waals surface area contributed by atoms with Crippen LogP contribution in [0.2, 0.25) is 5.04 Å². The Balaban J connectivity index is 2.13. The molecule has 0 heterocycles. The van der Waals surface area contributed by atoms with Gasteiger partial charge in [-0.1, -0.05) is 34.6 Å². The van der Waals surface area contributed by atoms with Crippen LogP contribution < -0.4 is 0 Å². The van der Waals surface area contributed by atoms with Crippen LogP contribution >= 0.6 is 0 Å². The third kappa shape index (κ3) is 8.53. The van der Waals surface area contributed by atoms with E-state index in [0.717, 1.165) is 45.3 Å². The molecule has 0 N–H and O–H groups in total.